The number of aryl methyl sites for hydroxylation is 1. The first-order valence-electron chi connectivity index (χ1n) is 14.2. The molecule has 232 valence electrons. The summed E-state index contributed by atoms with van der Waals surface area (Å²) < 4.78 is 45.6. The van der Waals surface area contributed by atoms with Crippen LogP contribution in [0.25, 0.3) is 0 Å². The van der Waals surface area contributed by atoms with Crippen molar-refractivity contribution in [2.24, 2.45) is 0 Å². The predicted octanol–water partition coefficient (Wildman–Crippen LogP) is 4.55. The first-order chi connectivity index (χ1) is 20.6. The van der Waals surface area contributed by atoms with Crippen LogP contribution >= 0.6 is 0 Å². The molecule has 0 heterocycles. The third kappa shape index (κ3) is 8.19. The number of anilines is 1. The van der Waals surface area contributed by atoms with Gasteiger partial charge in [-0.05, 0) is 69.2 Å². The minimum atomic E-state index is -4.30. The van der Waals surface area contributed by atoms with Crippen LogP contribution in [-0.2, 0) is 26.2 Å². The van der Waals surface area contributed by atoms with Crippen LogP contribution in [0.3, 0.4) is 0 Å². The predicted molar refractivity (Wildman–Crippen MR) is 166 cm³/mol. The van der Waals surface area contributed by atoms with Crippen molar-refractivity contribution < 1.29 is 32.2 Å². The molecule has 2 amide bonds. The highest BCUT2D eigenvalue weighted by Crippen LogP contribution is 2.33. The van der Waals surface area contributed by atoms with Crippen LogP contribution in [0.2, 0.25) is 0 Å². The number of ether oxygens (including phenoxy) is 3. The average molecular weight is 612 g/mol. The van der Waals surface area contributed by atoms with Gasteiger partial charge >= 0.3 is 0 Å². The van der Waals surface area contributed by atoms with Crippen LogP contribution in [0.5, 0.6) is 17.2 Å². The number of hydrogen-bond acceptors (Lipinski definition) is 7. The molecule has 0 aliphatic heterocycles. The summed E-state index contributed by atoms with van der Waals surface area (Å²) in [7, 11) is -1.43. The molecule has 0 spiro atoms. The van der Waals surface area contributed by atoms with Crippen molar-refractivity contribution in [1.82, 2.24) is 10.2 Å². The third-order valence-electron chi connectivity index (χ3n) is 6.87. The third-order valence-corrected chi connectivity index (χ3v) is 8.64. The van der Waals surface area contributed by atoms with E-state index in [9.17, 15) is 18.0 Å². The molecule has 0 saturated heterocycles. The van der Waals surface area contributed by atoms with Gasteiger partial charge in [-0.15, -0.1) is 0 Å². The van der Waals surface area contributed by atoms with Gasteiger partial charge in [-0.25, -0.2) is 8.42 Å². The monoisotopic (exact) mass is 611 g/mol. The molecule has 1 N–H and O–H groups in total. The molecule has 1 unspecified atom stereocenters. The maximum Gasteiger partial charge on any atom is 0.264 e. The zero-order chi connectivity index (χ0) is 31.6. The summed E-state index contributed by atoms with van der Waals surface area (Å²) >= 11 is 0. The van der Waals surface area contributed by atoms with Gasteiger partial charge < -0.3 is 24.4 Å². The molecule has 0 bridgehead atoms. The maximum absolute atomic E-state index is 14.2. The van der Waals surface area contributed by atoms with Crippen LogP contribution in [0, 0.1) is 6.92 Å². The van der Waals surface area contributed by atoms with Crippen LogP contribution in [0.15, 0.2) is 71.6 Å². The van der Waals surface area contributed by atoms with Gasteiger partial charge in [0.15, 0.2) is 11.5 Å². The largest absolute Gasteiger partial charge is 0.494 e. The number of likely N-dealkylation sites (N-methyl/N-ethyl adjacent to an activating group) is 1. The number of carbonyl (C=O) groups is 2. The Balaban J connectivity index is 2.10. The number of nitrogens with zero attached hydrogens (tertiary/aromatic N) is 2. The second-order valence-electron chi connectivity index (χ2n) is 9.78. The number of rotatable bonds is 15. The molecule has 43 heavy (non-hydrogen) atoms. The van der Waals surface area contributed by atoms with E-state index in [-0.39, 0.29) is 28.8 Å². The molecule has 0 saturated carbocycles. The minimum absolute atomic E-state index is 0.0901. The topological polar surface area (TPSA) is 114 Å². The van der Waals surface area contributed by atoms with Crippen molar-refractivity contribution in [2.75, 3.05) is 38.2 Å². The summed E-state index contributed by atoms with van der Waals surface area (Å²) in [6, 6.07) is 17.6. The van der Waals surface area contributed by atoms with Crippen LogP contribution in [0.4, 0.5) is 5.69 Å². The lowest BCUT2D eigenvalue weighted by Gasteiger charge is -2.33. The normalized spacial score (nSPS) is 11.8. The molecule has 0 fully saturated rings. The van der Waals surface area contributed by atoms with Crippen LogP contribution in [-0.4, -0.2) is 65.1 Å². The number of hydrogen-bond donors (Lipinski definition) is 1. The number of methoxy groups -OCH3 is 2. The van der Waals surface area contributed by atoms with Crippen molar-refractivity contribution in [1.29, 1.82) is 0 Å². The molecule has 0 aromatic heterocycles. The van der Waals surface area contributed by atoms with Gasteiger partial charge in [0.1, 0.15) is 18.3 Å². The fraction of sp³-hybridized carbons (Fsp3) is 0.375. The first kappa shape index (κ1) is 33.3. The Hall–Kier alpha value is -4.25. The van der Waals surface area contributed by atoms with E-state index >= 15 is 0 Å². The highest BCUT2D eigenvalue weighted by atomic mass is 32.2. The Morgan fingerprint density at radius 2 is 1.53 bits per heavy atom. The van der Waals surface area contributed by atoms with Crippen molar-refractivity contribution >= 4 is 27.5 Å². The zero-order valence-electron chi connectivity index (χ0n) is 25.6. The summed E-state index contributed by atoms with van der Waals surface area (Å²) in [6.07, 6.45) is 0.342. The van der Waals surface area contributed by atoms with Gasteiger partial charge in [-0.3, -0.25) is 13.9 Å². The van der Waals surface area contributed by atoms with Crippen molar-refractivity contribution in [3.63, 3.8) is 0 Å². The minimum Gasteiger partial charge on any atom is -0.494 e. The SMILES string of the molecule is CCNC(=O)C(CC)N(Cc1ccc(C)cc1)C(=O)CN(c1ccc(OCC)cc1)S(=O)(=O)c1ccc(OC)c(OC)c1. The van der Waals surface area contributed by atoms with E-state index in [2.05, 4.69) is 5.32 Å². The molecule has 10 nitrogen and oxygen atoms in total. The summed E-state index contributed by atoms with van der Waals surface area (Å²) in [4.78, 5) is 28.6. The maximum atomic E-state index is 14.2. The molecular formula is C32H41N3O7S. The van der Waals surface area contributed by atoms with Gasteiger partial charge in [0.2, 0.25) is 11.8 Å². The van der Waals surface area contributed by atoms with Gasteiger partial charge in [0.25, 0.3) is 10.0 Å². The molecule has 0 aliphatic carbocycles. The fourth-order valence-corrected chi connectivity index (χ4v) is 6.04. The summed E-state index contributed by atoms with van der Waals surface area (Å²) in [5, 5.41) is 2.81. The lowest BCUT2D eigenvalue weighted by molar-refractivity contribution is -0.140. The van der Waals surface area contributed by atoms with Crippen molar-refractivity contribution in [2.45, 2.75) is 51.6 Å². The quantitative estimate of drug-likeness (QED) is 0.268. The van der Waals surface area contributed by atoms with E-state index in [4.69, 9.17) is 14.2 Å². The molecule has 1 atom stereocenters. The van der Waals surface area contributed by atoms with Gasteiger partial charge in [-0.1, -0.05) is 36.8 Å². The van der Waals surface area contributed by atoms with Crippen LogP contribution < -0.4 is 23.8 Å². The fourth-order valence-electron chi connectivity index (χ4n) is 4.61. The average Bonchev–Trinajstić information content (AvgIpc) is 3.01. The zero-order valence-corrected chi connectivity index (χ0v) is 26.4. The lowest BCUT2D eigenvalue weighted by Crippen LogP contribution is -2.52. The Morgan fingerprint density at radius 3 is 2.09 bits per heavy atom. The smallest absolute Gasteiger partial charge is 0.264 e. The summed E-state index contributed by atoms with van der Waals surface area (Å²) in [5.41, 5.74) is 2.13. The second kappa shape index (κ2) is 15.3. The Bertz CT molecular complexity index is 1480. The molecule has 11 heteroatoms. The highest BCUT2D eigenvalue weighted by Gasteiger charge is 2.34. The van der Waals surface area contributed by atoms with Crippen LogP contribution in [0.1, 0.15) is 38.3 Å². The summed E-state index contributed by atoms with van der Waals surface area (Å²) in [5.74, 6) is 0.314. The van der Waals surface area contributed by atoms with E-state index in [1.807, 2.05) is 45.0 Å². The van der Waals surface area contributed by atoms with E-state index < -0.39 is 28.5 Å². The van der Waals surface area contributed by atoms with Gasteiger partial charge in [-0.2, -0.15) is 0 Å². The number of nitrogens with one attached hydrogen (secondary N) is 1. The van der Waals surface area contributed by atoms with Crippen molar-refractivity contribution in [3.8, 4) is 17.2 Å². The van der Waals surface area contributed by atoms with Gasteiger partial charge in [0, 0.05) is 19.2 Å². The standard InChI is InChI=1S/C32H41N3O7S/c1-7-28(32(37)33-8-2)34(21-24-12-10-23(4)11-13-24)31(36)22-35(25-14-16-26(17-15-25)42-9-3)43(38,39)27-18-19-29(40-5)30(20-27)41-6/h10-20,28H,7-9,21-22H2,1-6H3,(H,33,37). The Morgan fingerprint density at radius 1 is 0.884 bits per heavy atom. The van der Waals surface area contributed by atoms with Crippen molar-refractivity contribution in [3.05, 3.63) is 77.9 Å². The Labute approximate surface area is 254 Å². The number of carbonyl (C=O) groups excluding carboxylic acids is 2. The Kier molecular flexibility index (Phi) is 11.8. The number of benzene rings is 3. The number of sulfonamides is 1. The molecule has 0 aliphatic rings. The molecule has 3 aromatic rings. The highest BCUT2D eigenvalue weighted by molar-refractivity contribution is 7.92. The van der Waals surface area contributed by atoms with Gasteiger partial charge in [0.05, 0.1) is 31.4 Å². The first-order valence-corrected chi connectivity index (χ1v) is 15.6. The molecule has 3 aromatic carbocycles. The molecule has 3 rings (SSSR count). The van der Waals surface area contributed by atoms with E-state index in [0.29, 0.717) is 31.1 Å². The summed E-state index contributed by atoms with van der Waals surface area (Å²) in [6.45, 7) is 7.85. The van der Waals surface area contributed by atoms with E-state index in [1.54, 1.807) is 31.2 Å². The lowest BCUT2D eigenvalue weighted by atomic mass is 10.1. The molecule has 0 radical (unpaired) electrons. The molecular weight excluding hydrogens is 570 g/mol. The number of amides is 2. The van der Waals surface area contributed by atoms with E-state index in [0.717, 1.165) is 15.4 Å². The second-order valence-corrected chi connectivity index (χ2v) is 11.6. The van der Waals surface area contributed by atoms with E-state index in [1.165, 1.54) is 37.3 Å².